The van der Waals surface area contributed by atoms with E-state index in [-0.39, 0.29) is 30.2 Å². The van der Waals surface area contributed by atoms with Crippen molar-refractivity contribution in [1.82, 2.24) is 0 Å². The zero-order valence-electron chi connectivity index (χ0n) is 12.6. The van der Waals surface area contributed by atoms with E-state index in [2.05, 4.69) is 0 Å². The fourth-order valence-electron chi connectivity index (χ4n) is 1.14. The summed E-state index contributed by atoms with van der Waals surface area (Å²) >= 11 is -3.11. The van der Waals surface area contributed by atoms with Gasteiger partial charge in [0.2, 0.25) is 0 Å². The number of benzene rings is 1. The summed E-state index contributed by atoms with van der Waals surface area (Å²) in [6, 6.07) is 6.37. The summed E-state index contributed by atoms with van der Waals surface area (Å²) in [5.74, 6) is -0.524. The van der Waals surface area contributed by atoms with E-state index in [9.17, 15) is 9.90 Å². The molecular formula is C12H18LiNO6S. The van der Waals surface area contributed by atoms with E-state index in [1.165, 1.54) is 6.07 Å². The first-order valence-electron chi connectivity index (χ1n) is 5.66. The molecule has 1 rings (SSSR count). The van der Waals surface area contributed by atoms with Crippen molar-refractivity contribution in [3.63, 3.8) is 0 Å². The molecule has 0 bridgehead atoms. The number of phenols is 1. The summed E-state index contributed by atoms with van der Waals surface area (Å²) in [6.07, 6.45) is 0. The normalized spacial score (nSPS) is 10.2. The Kier molecular flexibility index (Phi) is 11.5. The van der Waals surface area contributed by atoms with Gasteiger partial charge < -0.3 is 23.4 Å². The van der Waals surface area contributed by atoms with Crippen molar-refractivity contribution in [1.29, 1.82) is 0 Å². The Morgan fingerprint density at radius 3 is 2.19 bits per heavy atom. The zero-order chi connectivity index (χ0) is 15.8. The third-order valence-corrected chi connectivity index (χ3v) is 2.12. The molecule has 0 saturated carbocycles. The molecule has 0 heterocycles. The van der Waals surface area contributed by atoms with Gasteiger partial charge in [0.05, 0.1) is 21.1 Å². The minimum atomic E-state index is -3.11. The van der Waals surface area contributed by atoms with Crippen molar-refractivity contribution in [2.75, 3.05) is 34.3 Å². The van der Waals surface area contributed by atoms with Crippen molar-refractivity contribution in [3.05, 3.63) is 29.8 Å². The molecule has 1 N–H and O–H groups in total. The van der Waals surface area contributed by atoms with Gasteiger partial charge in [-0.2, -0.15) is 0 Å². The second kappa shape index (κ2) is 10.8. The first-order valence-corrected chi connectivity index (χ1v) is 6.66. The van der Waals surface area contributed by atoms with Crippen LogP contribution in [0.15, 0.2) is 24.3 Å². The van der Waals surface area contributed by atoms with E-state index in [1.807, 2.05) is 21.1 Å². The predicted octanol–water partition coefficient (Wildman–Crippen LogP) is -2.74. The molecule has 1 aromatic carbocycles. The Balaban J connectivity index is 0. The molecule has 21 heavy (non-hydrogen) atoms. The number of rotatable bonds is 4. The fraction of sp³-hybridized carbons (Fsp3) is 0.417. The molecule has 0 aromatic heterocycles. The van der Waals surface area contributed by atoms with Crippen LogP contribution in [0.5, 0.6) is 5.75 Å². The van der Waals surface area contributed by atoms with Gasteiger partial charge in [0.15, 0.2) is 0 Å². The second-order valence-corrected chi connectivity index (χ2v) is 5.28. The van der Waals surface area contributed by atoms with Crippen LogP contribution >= 0.6 is 0 Å². The summed E-state index contributed by atoms with van der Waals surface area (Å²) in [6.45, 7) is 1.08. The number of carbonyl (C=O) groups excluding carboxylic acids is 1. The number of para-hydroxylation sites is 1. The van der Waals surface area contributed by atoms with Gasteiger partial charge in [0.25, 0.3) is 0 Å². The first-order chi connectivity index (χ1) is 9.13. The number of ether oxygens (including phenoxy) is 1. The van der Waals surface area contributed by atoms with Crippen LogP contribution in [-0.2, 0) is 16.1 Å². The molecule has 0 aliphatic rings. The standard InChI is InChI=1S/C12H17NO3.Li.H2O3S/c1-13(2,3)8-9-16-12(15)10-6-4-5-7-11(10)14;;1-4(2)3/h4-7H,8-9H2,1-3H3;;(H2,1,2,3)/q;+1;/p-1. The molecule has 0 atom stereocenters. The largest absolute Gasteiger partial charge is 1.00 e. The smallest absolute Gasteiger partial charge is 0.784 e. The summed E-state index contributed by atoms with van der Waals surface area (Å²) in [5, 5.41) is 9.44. The number of hydrogen-bond acceptors (Lipinski definition) is 6. The topological polar surface area (TPSA) is 110 Å². The molecular weight excluding hydrogens is 293 g/mol. The summed E-state index contributed by atoms with van der Waals surface area (Å²) in [7, 11) is 6.06. The summed E-state index contributed by atoms with van der Waals surface area (Å²) in [5.41, 5.74) is 0.212. The van der Waals surface area contributed by atoms with Gasteiger partial charge in [-0.05, 0) is 12.1 Å². The average Bonchev–Trinajstić information content (AvgIpc) is 2.26. The number of esters is 1. The Bertz CT molecular complexity index is 459. The number of phenolic OH excluding ortho intramolecular Hbond substituents is 1. The molecule has 0 spiro atoms. The third kappa shape index (κ3) is 12.6. The van der Waals surface area contributed by atoms with Crippen molar-refractivity contribution >= 4 is 17.3 Å². The molecule has 0 amide bonds. The Morgan fingerprint density at radius 2 is 1.76 bits per heavy atom. The number of hydrogen-bond donors (Lipinski definition) is 1. The van der Waals surface area contributed by atoms with Crippen LogP contribution in [0.2, 0.25) is 0 Å². The van der Waals surface area contributed by atoms with Gasteiger partial charge in [0, 0.05) is 0 Å². The van der Waals surface area contributed by atoms with Crippen LogP contribution in [0.4, 0.5) is 0 Å². The van der Waals surface area contributed by atoms with Gasteiger partial charge in [-0.15, -0.1) is 11.4 Å². The molecule has 114 valence electrons. The number of quaternary nitrogens is 1. The van der Waals surface area contributed by atoms with E-state index in [1.54, 1.807) is 18.2 Å². The fourth-order valence-corrected chi connectivity index (χ4v) is 1.14. The molecule has 7 nitrogen and oxygen atoms in total. The number of nitrogens with zero attached hydrogens (tertiary/aromatic N) is 1. The van der Waals surface area contributed by atoms with Crippen LogP contribution in [0.25, 0.3) is 0 Å². The first kappa shape index (κ1) is 22.4. The maximum atomic E-state index is 11.6. The molecule has 0 saturated heterocycles. The average molecular weight is 311 g/mol. The Labute approximate surface area is 138 Å². The molecule has 0 aliphatic heterocycles. The monoisotopic (exact) mass is 311 g/mol. The minimum absolute atomic E-state index is 0. The van der Waals surface area contributed by atoms with Crippen LogP contribution in [0.1, 0.15) is 10.4 Å². The number of likely N-dealkylation sites (N-methyl/N-ethyl adjacent to an activating group) is 1. The molecule has 1 aromatic rings. The molecule has 0 unspecified atom stereocenters. The van der Waals surface area contributed by atoms with Crippen LogP contribution < -0.4 is 18.9 Å². The van der Waals surface area contributed by atoms with E-state index < -0.39 is 17.3 Å². The summed E-state index contributed by atoms with van der Waals surface area (Å²) < 4.78 is 31.1. The van der Waals surface area contributed by atoms with Gasteiger partial charge in [-0.25, -0.2) is 4.79 Å². The second-order valence-electron chi connectivity index (χ2n) is 4.87. The van der Waals surface area contributed by atoms with Crippen molar-refractivity contribution < 1.29 is 51.3 Å². The Morgan fingerprint density at radius 1 is 1.29 bits per heavy atom. The van der Waals surface area contributed by atoms with Crippen LogP contribution in [0, 0.1) is 0 Å². The SMILES string of the molecule is C[N+](C)(C)CCOC(=O)c1ccccc1O.O=S([O-])[O-].[Li+]. The van der Waals surface area contributed by atoms with Gasteiger partial charge in [-0.3, -0.25) is 4.21 Å². The van der Waals surface area contributed by atoms with Crippen LogP contribution in [-0.4, -0.2) is 63.2 Å². The zero-order valence-corrected chi connectivity index (χ0v) is 13.4. The third-order valence-electron chi connectivity index (χ3n) is 2.12. The number of aromatic hydroxyl groups is 1. The van der Waals surface area contributed by atoms with Crippen molar-refractivity contribution in [2.45, 2.75) is 0 Å². The van der Waals surface area contributed by atoms with E-state index in [0.717, 1.165) is 11.0 Å². The molecule has 9 heteroatoms. The van der Waals surface area contributed by atoms with Crippen molar-refractivity contribution in [2.24, 2.45) is 0 Å². The van der Waals surface area contributed by atoms with Crippen molar-refractivity contribution in [3.8, 4) is 5.75 Å². The van der Waals surface area contributed by atoms with E-state index in [4.69, 9.17) is 18.1 Å². The van der Waals surface area contributed by atoms with Gasteiger partial charge >= 0.3 is 24.8 Å². The molecule has 0 fully saturated rings. The summed E-state index contributed by atoms with van der Waals surface area (Å²) in [4.78, 5) is 11.6. The predicted molar refractivity (Wildman–Crippen MR) is 71.0 cm³/mol. The van der Waals surface area contributed by atoms with Crippen LogP contribution in [0.3, 0.4) is 0 Å². The van der Waals surface area contributed by atoms with Gasteiger partial charge in [0.1, 0.15) is 24.5 Å². The van der Waals surface area contributed by atoms with Gasteiger partial charge in [-0.1, -0.05) is 12.1 Å². The maximum Gasteiger partial charge on any atom is 1.00 e. The maximum absolute atomic E-state index is 11.6. The Hall–Kier alpha value is -0.883. The quantitative estimate of drug-likeness (QED) is 0.279. The number of carbonyl (C=O) groups is 1. The van der Waals surface area contributed by atoms with E-state index >= 15 is 0 Å². The minimum Gasteiger partial charge on any atom is -0.784 e. The van der Waals surface area contributed by atoms with E-state index in [0.29, 0.717) is 6.61 Å². The molecule has 0 aliphatic carbocycles. The molecule has 0 radical (unpaired) electrons.